The Morgan fingerprint density at radius 3 is 2.67 bits per heavy atom. The number of halogens is 2. The van der Waals surface area contributed by atoms with Crippen LogP contribution in [0.25, 0.3) is 0 Å². The topological polar surface area (TPSA) is 109 Å². The summed E-state index contributed by atoms with van der Waals surface area (Å²) in [6.07, 6.45) is 0.434. The average Bonchev–Trinajstić information content (AvgIpc) is 2.72. The lowest BCUT2D eigenvalue weighted by molar-refractivity contribution is -0.131. The molecule has 2 aliphatic rings. The van der Waals surface area contributed by atoms with Crippen molar-refractivity contribution < 1.29 is 32.5 Å². The van der Waals surface area contributed by atoms with Crippen molar-refractivity contribution in [2.24, 2.45) is 10.9 Å². The van der Waals surface area contributed by atoms with Gasteiger partial charge in [0.15, 0.2) is 6.17 Å². The molecule has 12 heteroatoms. The maximum Gasteiger partial charge on any atom is 0.551 e. The van der Waals surface area contributed by atoms with Crippen LogP contribution in [-0.2, 0) is 23.7 Å². The molecule has 2 aliphatic heterocycles. The number of alkyl halides is 1. The summed E-state index contributed by atoms with van der Waals surface area (Å²) < 4.78 is 38.1. The van der Waals surface area contributed by atoms with Crippen LogP contribution < -0.4 is 10.6 Å². The van der Waals surface area contributed by atoms with Crippen LogP contribution >= 0.6 is 0 Å². The lowest BCUT2D eigenvalue weighted by Gasteiger charge is -2.43. The van der Waals surface area contributed by atoms with Crippen LogP contribution in [0.2, 0.25) is 0 Å². The van der Waals surface area contributed by atoms with Gasteiger partial charge in [0.1, 0.15) is 17.7 Å². The number of allylic oxidation sites excluding steroid dienone is 1. The van der Waals surface area contributed by atoms with Gasteiger partial charge in [0.2, 0.25) is 11.8 Å². The van der Waals surface area contributed by atoms with Crippen molar-refractivity contribution in [3.05, 3.63) is 12.0 Å². The minimum atomic E-state index is -1.61. The largest absolute Gasteiger partial charge is 0.551 e. The monoisotopic (exact) mass is 470 g/mol. The lowest BCUT2D eigenvalue weighted by atomic mass is 9.73. The molecule has 4 unspecified atom stereocenters. The molecule has 0 saturated carbocycles. The van der Waals surface area contributed by atoms with Gasteiger partial charge >= 0.3 is 7.12 Å². The molecule has 0 aromatic rings. The molecule has 1 saturated heterocycles. The molecule has 184 valence electrons. The highest BCUT2D eigenvalue weighted by Gasteiger charge is 2.40. The third-order valence-corrected chi connectivity index (χ3v) is 5.56. The Morgan fingerprint density at radius 1 is 1.39 bits per heavy atom. The van der Waals surface area contributed by atoms with E-state index in [1.807, 2.05) is 27.7 Å². The molecule has 1 fully saturated rings. The number of nitrogens with one attached hydrogen (secondary N) is 2. The van der Waals surface area contributed by atoms with Crippen molar-refractivity contribution in [1.29, 1.82) is 0 Å². The zero-order valence-electron chi connectivity index (χ0n) is 19.6. The fourth-order valence-corrected chi connectivity index (χ4v) is 3.61. The maximum absolute atomic E-state index is 14.1. The number of hydrogen-bond acceptors (Lipinski definition) is 7. The van der Waals surface area contributed by atoms with E-state index in [1.54, 1.807) is 0 Å². The van der Waals surface area contributed by atoms with E-state index in [0.717, 1.165) is 6.20 Å². The fraction of sp³-hybridized carbons (Fsp3) is 0.714. The number of carbonyl (C=O) groups is 3. The summed E-state index contributed by atoms with van der Waals surface area (Å²) in [6.45, 7) is 8.08. The molecule has 0 spiro atoms. The number of nitrogens with zero attached hydrogens (tertiary/aromatic N) is 2. The molecule has 0 aromatic carbocycles. The fourth-order valence-electron chi connectivity index (χ4n) is 3.61. The number of aliphatic imine (C=N–C) groups is 1. The van der Waals surface area contributed by atoms with E-state index in [0.29, 0.717) is 25.8 Å². The van der Waals surface area contributed by atoms with Gasteiger partial charge in [-0.05, 0) is 32.1 Å². The van der Waals surface area contributed by atoms with Crippen molar-refractivity contribution in [3.63, 3.8) is 0 Å². The number of likely N-dealkylation sites (tertiary alicyclic amines) is 1. The van der Waals surface area contributed by atoms with Gasteiger partial charge in [0.25, 0.3) is 6.47 Å². The summed E-state index contributed by atoms with van der Waals surface area (Å²) in [5.41, 5.74) is 0. The Labute approximate surface area is 193 Å². The second-order valence-corrected chi connectivity index (χ2v) is 8.71. The first-order chi connectivity index (χ1) is 15.7. The summed E-state index contributed by atoms with van der Waals surface area (Å²) in [6, 6.07) is -0.671. The summed E-state index contributed by atoms with van der Waals surface area (Å²) >= 11 is 0. The first-order valence-electron chi connectivity index (χ1n) is 11.3. The average molecular weight is 470 g/mol. The molecule has 0 radical (unpaired) electrons. The van der Waals surface area contributed by atoms with Crippen LogP contribution in [-0.4, -0.2) is 73.5 Å². The quantitative estimate of drug-likeness (QED) is 0.332. The van der Waals surface area contributed by atoms with Crippen LogP contribution in [0, 0.1) is 5.92 Å². The molecule has 33 heavy (non-hydrogen) atoms. The van der Waals surface area contributed by atoms with E-state index in [1.165, 1.54) is 4.90 Å². The number of rotatable bonds is 12. The van der Waals surface area contributed by atoms with Crippen LogP contribution in [0.15, 0.2) is 17.0 Å². The molecule has 2 N–H and O–H groups in total. The van der Waals surface area contributed by atoms with Gasteiger partial charge in [-0.2, -0.15) is 0 Å². The minimum Gasteiger partial charge on any atom is -0.511 e. The molecular formula is C21H33BF2N4O5. The Bertz CT molecular complexity index is 767. The van der Waals surface area contributed by atoms with E-state index < -0.39 is 49.3 Å². The van der Waals surface area contributed by atoms with E-state index in [2.05, 4.69) is 15.6 Å². The van der Waals surface area contributed by atoms with Crippen molar-refractivity contribution in [2.75, 3.05) is 13.1 Å². The van der Waals surface area contributed by atoms with Crippen LogP contribution in [0.3, 0.4) is 0 Å². The van der Waals surface area contributed by atoms with Crippen molar-refractivity contribution in [1.82, 2.24) is 15.5 Å². The van der Waals surface area contributed by atoms with E-state index in [-0.39, 0.29) is 30.9 Å². The van der Waals surface area contributed by atoms with E-state index >= 15 is 0 Å². The third-order valence-electron chi connectivity index (χ3n) is 5.56. The SMILES string of the molecule is CCC(C)OB(OC=O)C(CC(C)C)NC(=O)CNC(=O)C1CCN1C1=NC=C(F)CC1F. The Kier molecular flexibility index (Phi) is 10.3. The Balaban J connectivity index is 1.93. The number of amides is 2. The normalized spacial score (nSPS) is 21.8. The third kappa shape index (κ3) is 7.80. The molecule has 0 aromatic heterocycles. The highest BCUT2D eigenvalue weighted by Crippen LogP contribution is 2.26. The second-order valence-electron chi connectivity index (χ2n) is 8.71. The van der Waals surface area contributed by atoms with Crippen molar-refractivity contribution in [3.8, 4) is 0 Å². The number of hydrogen-bond donors (Lipinski definition) is 2. The van der Waals surface area contributed by atoms with Gasteiger partial charge in [-0.1, -0.05) is 20.8 Å². The van der Waals surface area contributed by atoms with Gasteiger partial charge in [-0.15, -0.1) is 0 Å². The standard InChI is InChI=1S/C21H33BF2N4O5/c1-5-14(4)33-22(32-12-29)18(8-13(2)3)27-19(30)11-26-21(31)17-6-7-28(17)20-16(24)9-15(23)10-25-20/h10,12-14,16-18H,5-9,11H2,1-4H3,(H,26,31)(H,27,30). The molecule has 4 atom stereocenters. The molecule has 2 amide bonds. The Morgan fingerprint density at radius 2 is 2.12 bits per heavy atom. The molecule has 0 bridgehead atoms. The lowest BCUT2D eigenvalue weighted by Crippen LogP contribution is -2.61. The zero-order valence-corrected chi connectivity index (χ0v) is 19.6. The first-order valence-corrected chi connectivity index (χ1v) is 11.3. The van der Waals surface area contributed by atoms with Gasteiger partial charge < -0.3 is 24.8 Å². The van der Waals surface area contributed by atoms with Crippen LogP contribution in [0.1, 0.15) is 53.4 Å². The van der Waals surface area contributed by atoms with E-state index in [9.17, 15) is 23.2 Å². The van der Waals surface area contributed by atoms with Crippen LogP contribution in [0.5, 0.6) is 0 Å². The molecular weight excluding hydrogens is 437 g/mol. The Hall–Kier alpha value is -2.50. The van der Waals surface area contributed by atoms with Gasteiger partial charge in [0, 0.05) is 19.1 Å². The minimum absolute atomic E-state index is 0.0281. The smallest absolute Gasteiger partial charge is 0.511 e. The number of amidine groups is 1. The summed E-state index contributed by atoms with van der Waals surface area (Å²) in [5, 5.41) is 5.32. The van der Waals surface area contributed by atoms with Crippen molar-refractivity contribution in [2.45, 2.75) is 77.6 Å². The van der Waals surface area contributed by atoms with Gasteiger partial charge in [-0.25, -0.2) is 13.8 Å². The van der Waals surface area contributed by atoms with E-state index in [4.69, 9.17) is 9.31 Å². The highest BCUT2D eigenvalue weighted by atomic mass is 19.1. The molecule has 0 aliphatic carbocycles. The summed E-state index contributed by atoms with van der Waals surface area (Å²) in [4.78, 5) is 41.3. The zero-order chi connectivity index (χ0) is 24.5. The predicted octanol–water partition coefficient (Wildman–Crippen LogP) is 1.67. The molecule has 2 rings (SSSR count). The number of carbonyl (C=O) groups excluding carboxylic acids is 3. The maximum atomic E-state index is 14.1. The predicted molar refractivity (Wildman–Crippen MR) is 119 cm³/mol. The van der Waals surface area contributed by atoms with Crippen molar-refractivity contribution >= 4 is 31.2 Å². The second kappa shape index (κ2) is 12.7. The molecule has 9 nitrogen and oxygen atoms in total. The molecule has 2 heterocycles. The van der Waals surface area contributed by atoms with Crippen LogP contribution in [0.4, 0.5) is 8.78 Å². The summed E-state index contributed by atoms with van der Waals surface area (Å²) in [5.74, 6) is -1.96. The first kappa shape index (κ1) is 26.8. The highest BCUT2D eigenvalue weighted by molar-refractivity contribution is 6.48. The summed E-state index contributed by atoms with van der Waals surface area (Å²) in [7, 11) is -0.958. The van der Waals surface area contributed by atoms with Gasteiger partial charge in [-0.3, -0.25) is 14.4 Å². The van der Waals surface area contributed by atoms with Gasteiger partial charge in [0.05, 0.1) is 18.7 Å².